The molecule has 2 aromatic heterocycles. The van der Waals surface area contributed by atoms with Crippen LogP contribution in [-0.4, -0.2) is 29.1 Å². The summed E-state index contributed by atoms with van der Waals surface area (Å²) in [4.78, 5) is 17.7. The van der Waals surface area contributed by atoms with Crippen LogP contribution in [0.5, 0.6) is 11.5 Å². The summed E-state index contributed by atoms with van der Waals surface area (Å²) in [6.45, 7) is 6.59. The lowest BCUT2D eigenvalue weighted by Crippen LogP contribution is -2.24. The molecule has 0 atom stereocenters. The van der Waals surface area contributed by atoms with Crippen LogP contribution in [0.2, 0.25) is 0 Å². The minimum atomic E-state index is -0.0681. The van der Waals surface area contributed by atoms with Gasteiger partial charge in [0.1, 0.15) is 23.1 Å². The van der Waals surface area contributed by atoms with Crippen molar-refractivity contribution < 1.29 is 14.3 Å². The van der Waals surface area contributed by atoms with Gasteiger partial charge >= 0.3 is 0 Å². The van der Waals surface area contributed by atoms with Gasteiger partial charge in [-0.3, -0.25) is 4.79 Å². The van der Waals surface area contributed by atoms with E-state index in [0.717, 1.165) is 46.4 Å². The van der Waals surface area contributed by atoms with E-state index in [1.807, 2.05) is 37.3 Å². The first-order valence-corrected chi connectivity index (χ1v) is 12.3. The van der Waals surface area contributed by atoms with Crippen LogP contribution < -0.4 is 14.8 Å². The van der Waals surface area contributed by atoms with Crippen molar-refractivity contribution >= 4 is 17.2 Å². The number of nitrogens with zero attached hydrogens (tertiary/aromatic N) is 2. The van der Waals surface area contributed by atoms with Crippen LogP contribution in [0.3, 0.4) is 0 Å². The molecule has 6 nitrogen and oxygen atoms in total. The fourth-order valence-corrected chi connectivity index (χ4v) is 5.13. The number of thiazole rings is 1. The van der Waals surface area contributed by atoms with Crippen molar-refractivity contribution in [3.8, 4) is 22.9 Å². The third-order valence-electron chi connectivity index (χ3n) is 6.12. The number of ether oxygens (including phenoxy) is 2. The number of carbonyl (C=O) groups excluding carboxylic acids is 1. The number of hydrogen-bond acceptors (Lipinski definition) is 5. The van der Waals surface area contributed by atoms with E-state index in [9.17, 15) is 4.79 Å². The van der Waals surface area contributed by atoms with Gasteiger partial charge in [-0.25, -0.2) is 4.98 Å². The highest BCUT2D eigenvalue weighted by Gasteiger charge is 2.25. The monoisotopic (exact) mass is 465 g/mol. The number of amides is 1. The highest BCUT2D eigenvalue weighted by atomic mass is 32.1. The zero-order valence-electron chi connectivity index (χ0n) is 19.3. The molecular weight excluding hydrogens is 434 g/mol. The fourth-order valence-electron chi connectivity index (χ4n) is 4.43. The van der Waals surface area contributed by atoms with Gasteiger partial charge in [-0.15, -0.1) is 17.9 Å². The molecule has 0 saturated heterocycles. The molecule has 7 heteroatoms. The Bertz CT molecular complexity index is 1090. The largest absolute Gasteiger partial charge is 0.497 e. The number of nitrogens with one attached hydrogen (secondary N) is 1. The molecule has 0 aliphatic heterocycles. The quantitative estimate of drug-likeness (QED) is 0.398. The van der Waals surface area contributed by atoms with Gasteiger partial charge < -0.3 is 19.4 Å². The molecule has 0 spiro atoms. The van der Waals surface area contributed by atoms with E-state index in [1.165, 1.54) is 19.3 Å². The Hall–Kier alpha value is -3.06. The van der Waals surface area contributed by atoms with Crippen LogP contribution in [0.15, 0.2) is 48.4 Å². The lowest BCUT2D eigenvalue weighted by molar-refractivity contribution is 0.0957. The highest BCUT2D eigenvalue weighted by molar-refractivity contribution is 7.09. The second-order valence-corrected chi connectivity index (χ2v) is 9.22. The maximum Gasteiger partial charge on any atom is 0.253 e. The molecule has 4 rings (SSSR count). The van der Waals surface area contributed by atoms with E-state index in [4.69, 9.17) is 14.5 Å². The minimum absolute atomic E-state index is 0.0681. The normalized spacial score (nSPS) is 14.1. The summed E-state index contributed by atoms with van der Waals surface area (Å²) in [6, 6.07) is 9.92. The number of rotatable bonds is 9. The van der Waals surface area contributed by atoms with Crippen molar-refractivity contribution in [3.05, 3.63) is 64.6 Å². The molecule has 1 saturated carbocycles. The van der Waals surface area contributed by atoms with Crippen molar-refractivity contribution in [1.82, 2.24) is 14.9 Å². The Balaban J connectivity index is 1.58. The molecule has 2 heterocycles. The summed E-state index contributed by atoms with van der Waals surface area (Å²) in [6.07, 6.45) is 7.68. The molecule has 0 bridgehead atoms. The molecule has 1 fully saturated rings. The van der Waals surface area contributed by atoms with Gasteiger partial charge in [0.05, 0.1) is 24.1 Å². The van der Waals surface area contributed by atoms with Crippen molar-refractivity contribution in [1.29, 1.82) is 0 Å². The van der Waals surface area contributed by atoms with E-state index in [2.05, 4.69) is 21.8 Å². The molecular formula is C26H31N3O3S. The van der Waals surface area contributed by atoms with Gasteiger partial charge in [0.15, 0.2) is 0 Å². The van der Waals surface area contributed by atoms with Crippen LogP contribution in [0.25, 0.3) is 11.4 Å². The van der Waals surface area contributed by atoms with Gasteiger partial charge in [0, 0.05) is 23.7 Å². The Kier molecular flexibility index (Phi) is 7.50. The molecule has 174 valence electrons. The average molecular weight is 466 g/mol. The lowest BCUT2D eigenvalue weighted by Gasteiger charge is -2.26. The van der Waals surface area contributed by atoms with E-state index >= 15 is 0 Å². The van der Waals surface area contributed by atoms with Gasteiger partial charge in [-0.2, -0.15) is 0 Å². The summed E-state index contributed by atoms with van der Waals surface area (Å²) in [5.41, 5.74) is 3.61. The summed E-state index contributed by atoms with van der Waals surface area (Å²) < 4.78 is 13.4. The fraction of sp³-hybridized carbons (Fsp3) is 0.385. The second-order valence-electron chi connectivity index (χ2n) is 8.28. The molecule has 0 radical (unpaired) electrons. The maximum absolute atomic E-state index is 12.8. The van der Waals surface area contributed by atoms with Crippen molar-refractivity contribution in [3.63, 3.8) is 0 Å². The van der Waals surface area contributed by atoms with Crippen LogP contribution in [0.4, 0.5) is 0 Å². The van der Waals surface area contributed by atoms with E-state index in [1.54, 1.807) is 24.5 Å². The zero-order valence-corrected chi connectivity index (χ0v) is 20.1. The van der Waals surface area contributed by atoms with Crippen LogP contribution in [0.1, 0.15) is 59.2 Å². The summed E-state index contributed by atoms with van der Waals surface area (Å²) in [5, 5.41) is 5.88. The SMILES string of the molecule is C=CCNC(=O)c1cc(-c2csc(COc3ccc(OC)cc3)n2)n(C2CCCCC2)c1C. The molecule has 1 amide bonds. The highest BCUT2D eigenvalue weighted by Crippen LogP contribution is 2.36. The Morgan fingerprint density at radius 1 is 1.24 bits per heavy atom. The first kappa shape index (κ1) is 23.1. The number of aromatic nitrogens is 2. The number of benzene rings is 1. The predicted octanol–water partition coefficient (Wildman–Crippen LogP) is 5.93. The average Bonchev–Trinajstić information content (AvgIpc) is 3.46. The smallest absolute Gasteiger partial charge is 0.253 e. The summed E-state index contributed by atoms with van der Waals surface area (Å²) in [7, 11) is 1.65. The van der Waals surface area contributed by atoms with Gasteiger partial charge in [0.2, 0.25) is 0 Å². The standard InChI is InChI=1S/C26H31N3O3S/c1-4-14-27-26(30)22-15-24(29(18(22)2)19-8-6-5-7-9-19)23-17-33-25(28-23)16-32-21-12-10-20(31-3)11-13-21/h4,10-13,15,17,19H,1,5-9,14,16H2,2-3H3,(H,27,30). The topological polar surface area (TPSA) is 65.4 Å². The molecule has 0 unspecified atom stereocenters. The Labute approximate surface area is 199 Å². The van der Waals surface area contributed by atoms with Crippen molar-refractivity contribution in [2.75, 3.05) is 13.7 Å². The number of carbonyl (C=O) groups is 1. The van der Waals surface area contributed by atoms with Crippen molar-refractivity contribution in [2.45, 2.75) is 51.7 Å². The Morgan fingerprint density at radius 3 is 2.67 bits per heavy atom. The number of methoxy groups -OCH3 is 1. The lowest BCUT2D eigenvalue weighted by atomic mass is 9.95. The minimum Gasteiger partial charge on any atom is -0.497 e. The van der Waals surface area contributed by atoms with Crippen LogP contribution in [-0.2, 0) is 6.61 Å². The molecule has 33 heavy (non-hydrogen) atoms. The molecule has 1 aliphatic carbocycles. The summed E-state index contributed by atoms with van der Waals surface area (Å²) >= 11 is 1.58. The molecule has 3 aromatic rings. The Morgan fingerprint density at radius 2 is 1.97 bits per heavy atom. The number of hydrogen-bond donors (Lipinski definition) is 1. The maximum atomic E-state index is 12.8. The molecule has 1 N–H and O–H groups in total. The third kappa shape index (κ3) is 5.30. The first-order chi connectivity index (χ1) is 16.1. The van der Waals surface area contributed by atoms with Gasteiger partial charge in [0.25, 0.3) is 5.91 Å². The van der Waals surface area contributed by atoms with E-state index in [0.29, 0.717) is 24.8 Å². The van der Waals surface area contributed by atoms with Gasteiger partial charge in [-0.1, -0.05) is 25.3 Å². The predicted molar refractivity (Wildman–Crippen MR) is 132 cm³/mol. The van der Waals surface area contributed by atoms with Gasteiger partial charge in [-0.05, 0) is 50.1 Å². The van der Waals surface area contributed by atoms with Crippen LogP contribution >= 0.6 is 11.3 Å². The summed E-state index contributed by atoms with van der Waals surface area (Å²) in [5.74, 6) is 1.50. The zero-order chi connectivity index (χ0) is 23.2. The molecule has 1 aromatic carbocycles. The van der Waals surface area contributed by atoms with Crippen molar-refractivity contribution in [2.24, 2.45) is 0 Å². The third-order valence-corrected chi connectivity index (χ3v) is 6.94. The van der Waals surface area contributed by atoms with E-state index in [-0.39, 0.29) is 5.91 Å². The second kappa shape index (κ2) is 10.7. The van der Waals surface area contributed by atoms with E-state index < -0.39 is 0 Å². The molecule has 1 aliphatic rings. The van der Waals surface area contributed by atoms with Crippen LogP contribution in [0, 0.1) is 6.92 Å². The first-order valence-electron chi connectivity index (χ1n) is 11.4.